The summed E-state index contributed by atoms with van der Waals surface area (Å²) in [5.74, 6) is 0. The first-order valence-corrected chi connectivity index (χ1v) is 8.59. The zero-order chi connectivity index (χ0) is 14.4. The van der Waals surface area contributed by atoms with Crippen LogP contribution in [0.2, 0.25) is 5.02 Å². The van der Waals surface area contributed by atoms with Crippen molar-refractivity contribution < 1.29 is 0 Å². The number of hydrogen-bond acceptors (Lipinski definition) is 1. The van der Waals surface area contributed by atoms with Crippen LogP contribution in [0, 0.1) is 0 Å². The van der Waals surface area contributed by atoms with Crippen LogP contribution < -0.4 is 0 Å². The minimum Gasteiger partial charge on any atom is -0.133 e. The highest BCUT2D eigenvalue weighted by Crippen LogP contribution is 2.44. The van der Waals surface area contributed by atoms with Crippen LogP contribution in [-0.4, -0.2) is 0 Å². The SMILES string of the molecule is Clc1ccc2c(sc3c(-c4ccccc4)cccc32)c1Br. The van der Waals surface area contributed by atoms with Crippen molar-refractivity contribution in [2.75, 3.05) is 0 Å². The Balaban J connectivity index is 2.13. The summed E-state index contributed by atoms with van der Waals surface area (Å²) in [6, 6.07) is 21.1. The first kappa shape index (κ1) is 13.3. The van der Waals surface area contributed by atoms with Crippen LogP contribution in [0.5, 0.6) is 0 Å². The van der Waals surface area contributed by atoms with E-state index in [1.54, 1.807) is 11.3 Å². The monoisotopic (exact) mass is 372 g/mol. The molecule has 1 aromatic heterocycles. The number of rotatable bonds is 1. The summed E-state index contributed by atoms with van der Waals surface area (Å²) in [4.78, 5) is 0. The van der Waals surface area contributed by atoms with Gasteiger partial charge in [0, 0.05) is 15.5 Å². The molecular weight excluding hydrogens is 364 g/mol. The molecule has 4 aromatic rings. The van der Waals surface area contributed by atoms with Crippen LogP contribution >= 0.6 is 38.9 Å². The molecule has 0 bridgehead atoms. The van der Waals surface area contributed by atoms with Crippen molar-refractivity contribution >= 4 is 59.0 Å². The molecule has 0 N–H and O–H groups in total. The van der Waals surface area contributed by atoms with Crippen molar-refractivity contribution in [3.63, 3.8) is 0 Å². The lowest BCUT2D eigenvalue weighted by atomic mass is 10.0. The van der Waals surface area contributed by atoms with Crippen molar-refractivity contribution in [2.24, 2.45) is 0 Å². The molecule has 0 atom stereocenters. The highest BCUT2D eigenvalue weighted by atomic mass is 79.9. The van der Waals surface area contributed by atoms with Gasteiger partial charge in [0.2, 0.25) is 0 Å². The molecule has 102 valence electrons. The van der Waals surface area contributed by atoms with E-state index in [0.29, 0.717) is 0 Å². The van der Waals surface area contributed by atoms with Gasteiger partial charge in [0.1, 0.15) is 0 Å². The molecule has 0 aliphatic carbocycles. The molecule has 21 heavy (non-hydrogen) atoms. The molecule has 0 radical (unpaired) electrons. The van der Waals surface area contributed by atoms with Gasteiger partial charge in [-0.1, -0.05) is 66.2 Å². The minimum atomic E-state index is 0.760. The highest BCUT2D eigenvalue weighted by molar-refractivity contribution is 9.10. The van der Waals surface area contributed by atoms with Crippen LogP contribution in [0.1, 0.15) is 0 Å². The maximum Gasteiger partial charge on any atom is 0.0562 e. The summed E-state index contributed by atoms with van der Waals surface area (Å²) in [5, 5.41) is 3.30. The molecular formula is C18H10BrClS. The lowest BCUT2D eigenvalue weighted by Gasteiger charge is -2.02. The Bertz CT molecular complexity index is 957. The third-order valence-corrected chi connectivity index (χ3v) is 6.55. The Kier molecular flexibility index (Phi) is 3.26. The maximum atomic E-state index is 6.23. The number of fused-ring (bicyclic) bond motifs is 3. The van der Waals surface area contributed by atoms with Gasteiger partial charge < -0.3 is 0 Å². The largest absolute Gasteiger partial charge is 0.133 e. The number of thiophene rings is 1. The molecule has 3 aromatic carbocycles. The number of hydrogen-bond donors (Lipinski definition) is 0. The van der Waals surface area contributed by atoms with E-state index in [4.69, 9.17) is 11.6 Å². The van der Waals surface area contributed by atoms with Gasteiger partial charge in [0.25, 0.3) is 0 Å². The highest BCUT2D eigenvalue weighted by Gasteiger charge is 2.13. The van der Waals surface area contributed by atoms with Crippen LogP contribution in [0.3, 0.4) is 0 Å². The van der Waals surface area contributed by atoms with Crippen molar-refractivity contribution in [3.8, 4) is 11.1 Å². The summed E-state index contributed by atoms with van der Waals surface area (Å²) in [6.45, 7) is 0. The predicted octanol–water partition coefficient (Wildman–Crippen LogP) is 7.14. The number of benzene rings is 3. The second kappa shape index (κ2) is 5.13. The second-order valence-electron chi connectivity index (χ2n) is 4.89. The van der Waals surface area contributed by atoms with Gasteiger partial charge in [0.05, 0.1) is 14.2 Å². The molecule has 0 fully saturated rings. The second-order valence-corrected chi connectivity index (χ2v) is 7.11. The van der Waals surface area contributed by atoms with E-state index in [0.717, 1.165) is 9.50 Å². The average Bonchev–Trinajstić information content (AvgIpc) is 2.91. The van der Waals surface area contributed by atoms with Gasteiger partial charge in [-0.15, -0.1) is 11.3 Å². The first-order chi connectivity index (χ1) is 10.3. The van der Waals surface area contributed by atoms with Crippen molar-refractivity contribution in [3.05, 3.63) is 70.2 Å². The molecule has 0 saturated carbocycles. The third kappa shape index (κ3) is 2.10. The molecule has 4 rings (SSSR count). The van der Waals surface area contributed by atoms with E-state index in [1.165, 1.54) is 31.3 Å². The van der Waals surface area contributed by atoms with E-state index >= 15 is 0 Å². The Morgan fingerprint density at radius 3 is 2.33 bits per heavy atom. The first-order valence-electron chi connectivity index (χ1n) is 6.60. The fourth-order valence-corrected chi connectivity index (χ4v) is 4.73. The van der Waals surface area contributed by atoms with Crippen LogP contribution in [0.4, 0.5) is 0 Å². The van der Waals surface area contributed by atoms with E-state index < -0.39 is 0 Å². The van der Waals surface area contributed by atoms with Gasteiger partial charge in [-0.3, -0.25) is 0 Å². The molecule has 0 unspecified atom stereocenters. The fourth-order valence-electron chi connectivity index (χ4n) is 2.65. The zero-order valence-corrected chi connectivity index (χ0v) is 14.1. The maximum absolute atomic E-state index is 6.23. The zero-order valence-electron chi connectivity index (χ0n) is 10.9. The third-order valence-electron chi connectivity index (χ3n) is 3.64. The lowest BCUT2D eigenvalue weighted by molar-refractivity contribution is 1.67. The van der Waals surface area contributed by atoms with Gasteiger partial charge in [-0.25, -0.2) is 0 Å². The van der Waals surface area contributed by atoms with E-state index in [-0.39, 0.29) is 0 Å². The van der Waals surface area contributed by atoms with E-state index in [1.807, 2.05) is 12.1 Å². The minimum absolute atomic E-state index is 0.760. The van der Waals surface area contributed by atoms with Crippen molar-refractivity contribution in [1.29, 1.82) is 0 Å². The lowest BCUT2D eigenvalue weighted by Crippen LogP contribution is -1.76. The smallest absolute Gasteiger partial charge is 0.0562 e. The average molecular weight is 374 g/mol. The topological polar surface area (TPSA) is 0 Å². The van der Waals surface area contributed by atoms with E-state index in [9.17, 15) is 0 Å². The van der Waals surface area contributed by atoms with Gasteiger partial charge >= 0.3 is 0 Å². The van der Waals surface area contributed by atoms with Gasteiger partial charge in [-0.05, 0) is 33.1 Å². The fraction of sp³-hybridized carbons (Fsp3) is 0. The Labute approximate surface area is 140 Å². The molecule has 0 spiro atoms. The predicted molar refractivity (Wildman–Crippen MR) is 97.5 cm³/mol. The molecule has 0 nitrogen and oxygen atoms in total. The molecule has 0 saturated heterocycles. The summed E-state index contributed by atoms with van der Waals surface area (Å²) < 4.78 is 3.50. The standard InChI is InChI=1S/C18H10BrClS/c19-16-15(20)10-9-14-13-8-4-7-12(17(13)21-18(14)16)11-5-2-1-3-6-11/h1-10H. The Morgan fingerprint density at radius 1 is 0.762 bits per heavy atom. The van der Waals surface area contributed by atoms with Crippen LogP contribution in [-0.2, 0) is 0 Å². The Morgan fingerprint density at radius 2 is 1.52 bits per heavy atom. The van der Waals surface area contributed by atoms with Crippen molar-refractivity contribution in [1.82, 2.24) is 0 Å². The summed E-state index contributed by atoms with van der Waals surface area (Å²) in [7, 11) is 0. The summed E-state index contributed by atoms with van der Waals surface area (Å²) >= 11 is 11.6. The number of halogens is 2. The molecule has 0 aliphatic rings. The van der Waals surface area contributed by atoms with Gasteiger partial charge in [0.15, 0.2) is 0 Å². The summed E-state index contributed by atoms with van der Waals surface area (Å²) in [6.07, 6.45) is 0. The Hall–Kier alpha value is -1.35. The van der Waals surface area contributed by atoms with Crippen LogP contribution in [0.15, 0.2) is 65.1 Å². The molecule has 3 heteroatoms. The van der Waals surface area contributed by atoms with E-state index in [2.05, 4.69) is 64.5 Å². The van der Waals surface area contributed by atoms with Crippen LogP contribution in [0.25, 0.3) is 31.3 Å². The quantitative estimate of drug-likeness (QED) is 0.332. The molecule has 0 amide bonds. The molecule has 0 aliphatic heterocycles. The van der Waals surface area contributed by atoms with Gasteiger partial charge in [-0.2, -0.15) is 0 Å². The molecule has 1 heterocycles. The van der Waals surface area contributed by atoms with Crippen molar-refractivity contribution in [2.45, 2.75) is 0 Å². The normalized spacial score (nSPS) is 11.3. The summed E-state index contributed by atoms with van der Waals surface area (Å²) in [5.41, 5.74) is 2.52.